The van der Waals surface area contributed by atoms with Crippen molar-refractivity contribution in [3.05, 3.63) is 46.2 Å². The van der Waals surface area contributed by atoms with E-state index in [2.05, 4.69) is 27.8 Å². The molecule has 3 nitrogen and oxygen atoms in total. The highest BCUT2D eigenvalue weighted by Crippen LogP contribution is 2.16. The number of hydrogen-bond donors (Lipinski definition) is 1. The maximum Gasteiger partial charge on any atom is 0.251 e. The van der Waals surface area contributed by atoms with Crippen LogP contribution in [0.4, 0.5) is 4.39 Å². The predicted octanol–water partition coefficient (Wildman–Crippen LogP) is 2.91. The van der Waals surface area contributed by atoms with E-state index in [0.717, 1.165) is 5.57 Å². The lowest BCUT2D eigenvalue weighted by Crippen LogP contribution is -2.27. The molecule has 1 aromatic rings. The molecule has 0 aromatic heterocycles. The van der Waals surface area contributed by atoms with E-state index in [1.807, 2.05) is 6.92 Å². The lowest BCUT2D eigenvalue weighted by molar-refractivity contribution is 0.0926. The van der Waals surface area contributed by atoms with E-state index in [4.69, 9.17) is 4.74 Å². The average molecular weight is 316 g/mol. The van der Waals surface area contributed by atoms with Crippen LogP contribution < -0.4 is 5.32 Å². The molecule has 1 rings (SSSR count). The van der Waals surface area contributed by atoms with E-state index in [1.165, 1.54) is 18.2 Å². The molecule has 0 aliphatic carbocycles. The monoisotopic (exact) mass is 315 g/mol. The largest absolute Gasteiger partial charge is 0.375 e. The van der Waals surface area contributed by atoms with Crippen molar-refractivity contribution in [2.75, 3.05) is 19.8 Å². The fraction of sp³-hybridized carbons (Fsp3) is 0.308. The summed E-state index contributed by atoms with van der Waals surface area (Å²) in [5.74, 6) is -0.647. The zero-order valence-corrected chi connectivity index (χ0v) is 11.7. The lowest BCUT2D eigenvalue weighted by atomic mass is 10.2. The first-order chi connectivity index (χ1) is 8.50. The Morgan fingerprint density at radius 3 is 2.89 bits per heavy atom. The number of rotatable bonds is 6. The van der Waals surface area contributed by atoms with Gasteiger partial charge in [0, 0.05) is 12.1 Å². The molecule has 0 radical (unpaired) electrons. The number of nitrogens with one attached hydrogen (secondary N) is 1. The van der Waals surface area contributed by atoms with Gasteiger partial charge in [0.15, 0.2) is 0 Å². The normalized spacial score (nSPS) is 10.2. The molecule has 0 aliphatic rings. The van der Waals surface area contributed by atoms with Crippen LogP contribution in [0.15, 0.2) is 34.8 Å². The Kier molecular flexibility index (Phi) is 6.01. The van der Waals surface area contributed by atoms with Crippen molar-refractivity contribution in [3.63, 3.8) is 0 Å². The van der Waals surface area contributed by atoms with Crippen LogP contribution in [0.3, 0.4) is 0 Å². The second-order valence-corrected chi connectivity index (χ2v) is 4.75. The first kappa shape index (κ1) is 14.9. The minimum atomic E-state index is -0.392. The molecule has 1 amide bonds. The number of carbonyl (C=O) groups is 1. The van der Waals surface area contributed by atoms with Gasteiger partial charge in [-0.3, -0.25) is 4.79 Å². The molecule has 98 valence electrons. The molecule has 0 aliphatic heterocycles. The van der Waals surface area contributed by atoms with Crippen molar-refractivity contribution in [1.29, 1.82) is 0 Å². The van der Waals surface area contributed by atoms with Crippen molar-refractivity contribution in [1.82, 2.24) is 5.32 Å². The van der Waals surface area contributed by atoms with Gasteiger partial charge in [-0.2, -0.15) is 0 Å². The number of amides is 1. The summed E-state index contributed by atoms with van der Waals surface area (Å²) < 4.78 is 18.5. The summed E-state index contributed by atoms with van der Waals surface area (Å²) in [6.07, 6.45) is 0. The number of ether oxygens (including phenoxy) is 1. The summed E-state index contributed by atoms with van der Waals surface area (Å²) in [5, 5.41) is 2.68. The molecule has 0 saturated heterocycles. The van der Waals surface area contributed by atoms with Crippen LogP contribution in [-0.4, -0.2) is 25.7 Å². The highest BCUT2D eigenvalue weighted by molar-refractivity contribution is 9.10. The molecule has 1 aromatic carbocycles. The first-order valence-corrected chi connectivity index (χ1v) is 6.25. The molecule has 0 saturated carbocycles. The van der Waals surface area contributed by atoms with E-state index in [0.29, 0.717) is 25.3 Å². The molecule has 0 fully saturated rings. The van der Waals surface area contributed by atoms with Crippen molar-refractivity contribution in [2.45, 2.75) is 6.92 Å². The second kappa shape index (κ2) is 7.28. The standard InChI is InChI=1S/C13H15BrFNO2/c1-9(2)8-18-6-5-16-13(17)10-3-4-12(15)11(14)7-10/h3-4,7H,1,5-6,8H2,2H3,(H,16,17). The summed E-state index contributed by atoms with van der Waals surface area (Å²) in [4.78, 5) is 11.7. The van der Waals surface area contributed by atoms with Crippen LogP contribution in [0.1, 0.15) is 17.3 Å². The second-order valence-electron chi connectivity index (χ2n) is 3.89. The summed E-state index contributed by atoms with van der Waals surface area (Å²) >= 11 is 3.03. The molecule has 0 atom stereocenters. The Hall–Kier alpha value is -1.20. The van der Waals surface area contributed by atoms with E-state index >= 15 is 0 Å². The van der Waals surface area contributed by atoms with Crippen molar-refractivity contribution < 1.29 is 13.9 Å². The van der Waals surface area contributed by atoms with Crippen LogP contribution in [-0.2, 0) is 4.74 Å². The highest BCUT2D eigenvalue weighted by Gasteiger charge is 2.07. The lowest BCUT2D eigenvalue weighted by Gasteiger charge is -2.07. The summed E-state index contributed by atoms with van der Waals surface area (Å²) in [6, 6.07) is 4.13. The van der Waals surface area contributed by atoms with Crippen molar-refractivity contribution in [2.24, 2.45) is 0 Å². The fourth-order valence-corrected chi connectivity index (χ4v) is 1.60. The molecule has 0 unspecified atom stereocenters. The molecule has 1 N–H and O–H groups in total. The SMILES string of the molecule is C=C(C)COCCNC(=O)c1ccc(F)c(Br)c1. The summed E-state index contributed by atoms with van der Waals surface area (Å²) in [7, 11) is 0. The predicted molar refractivity (Wildman–Crippen MR) is 72.1 cm³/mol. The Morgan fingerprint density at radius 2 is 2.28 bits per heavy atom. The van der Waals surface area contributed by atoms with E-state index < -0.39 is 5.82 Å². The molecule has 18 heavy (non-hydrogen) atoms. The molecular formula is C13H15BrFNO2. The van der Waals surface area contributed by atoms with Gasteiger partial charge in [0.25, 0.3) is 5.91 Å². The molecule has 0 bridgehead atoms. The van der Waals surface area contributed by atoms with Gasteiger partial charge in [-0.1, -0.05) is 12.2 Å². The third-order valence-corrected chi connectivity index (χ3v) is 2.67. The van der Waals surface area contributed by atoms with Crippen molar-refractivity contribution in [3.8, 4) is 0 Å². The van der Waals surface area contributed by atoms with Crippen molar-refractivity contribution >= 4 is 21.8 Å². The number of halogens is 2. The van der Waals surface area contributed by atoms with Gasteiger partial charge in [0.2, 0.25) is 0 Å². The van der Waals surface area contributed by atoms with Gasteiger partial charge in [0.05, 0.1) is 17.7 Å². The maximum atomic E-state index is 13.0. The average Bonchev–Trinajstić information content (AvgIpc) is 2.31. The Morgan fingerprint density at radius 1 is 1.56 bits per heavy atom. The molecule has 5 heteroatoms. The minimum absolute atomic E-state index is 0.255. The topological polar surface area (TPSA) is 38.3 Å². The highest BCUT2D eigenvalue weighted by atomic mass is 79.9. The summed E-state index contributed by atoms with van der Waals surface area (Å²) in [5.41, 5.74) is 1.34. The van der Waals surface area contributed by atoms with Gasteiger partial charge in [-0.25, -0.2) is 4.39 Å². The van der Waals surface area contributed by atoms with Crippen LogP contribution in [0.5, 0.6) is 0 Å². The Bertz CT molecular complexity index is 449. The first-order valence-electron chi connectivity index (χ1n) is 5.46. The van der Waals surface area contributed by atoms with Gasteiger partial charge in [-0.15, -0.1) is 0 Å². The molecule has 0 spiro atoms. The number of benzene rings is 1. The maximum absolute atomic E-state index is 13.0. The number of carbonyl (C=O) groups excluding carboxylic acids is 1. The van der Waals surface area contributed by atoms with Crippen LogP contribution in [0, 0.1) is 5.82 Å². The Labute approximate surface area is 114 Å². The van der Waals surface area contributed by atoms with Crippen LogP contribution in [0.25, 0.3) is 0 Å². The smallest absolute Gasteiger partial charge is 0.251 e. The van der Waals surface area contributed by atoms with E-state index in [-0.39, 0.29) is 10.4 Å². The Balaban J connectivity index is 2.36. The van der Waals surface area contributed by atoms with E-state index in [9.17, 15) is 9.18 Å². The quantitative estimate of drug-likeness (QED) is 0.647. The van der Waals surface area contributed by atoms with E-state index in [1.54, 1.807) is 0 Å². The fourth-order valence-electron chi connectivity index (χ4n) is 1.22. The third kappa shape index (κ3) is 4.98. The van der Waals surface area contributed by atoms with Crippen LogP contribution in [0.2, 0.25) is 0 Å². The third-order valence-electron chi connectivity index (χ3n) is 2.06. The molecule has 0 heterocycles. The zero-order valence-electron chi connectivity index (χ0n) is 10.1. The molecular weight excluding hydrogens is 301 g/mol. The zero-order chi connectivity index (χ0) is 13.5. The van der Waals surface area contributed by atoms with Gasteiger partial charge >= 0.3 is 0 Å². The minimum Gasteiger partial charge on any atom is -0.375 e. The van der Waals surface area contributed by atoms with Crippen LogP contribution >= 0.6 is 15.9 Å². The van der Waals surface area contributed by atoms with Gasteiger partial charge in [0.1, 0.15) is 5.82 Å². The van der Waals surface area contributed by atoms with Gasteiger partial charge < -0.3 is 10.1 Å². The summed E-state index contributed by atoms with van der Waals surface area (Å²) in [6.45, 7) is 6.88. The number of hydrogen-bond acceptors (Lipinski definition) is 2. The van der Waals surface area contributed by atoms with Gasteiger partial charge in [-0.05, 0) is 41.1 Å².